The highest BCUT2D eigenvalue weighted by atomic mass is 19.1. The van der Waals surface area contributed by atoms with E-state index in [0.717, 1.165) is 36.9 Å². The van der Waals surface area contributed by atoms with E-state index >= 15 is 4.39 Å². The summed E-state index contributed by atoms with van der Waals surface area (Å²) in [7, 11) is 0. The predicted octanol–water partition coefficient (Wildman–Crippen LogP) is 7.82. The van der Waals surface area contributed by atoms with Crippen LogP contribution in [0.3, 0.4) is 0 Å². The smallest absolute Gasteiger partial charge is 0.207 e. The highest BCUT2D eigenvalue weighted by molar-refractivity contribution is 6.01. The minimum atomic E-state index is -0.403. The zero-order valence-electron chi connectivity index (χ0n) is 23.8. The van der Waals surface area contributed by atoms with Crippen molar-refractivity contribution in [1.29, 1.82) is 0 Å². The molecule has 0 saturated carbocycles. The van der Waals surface area contributed by atoms with Crippen molar-refractivity contribution in [2.75, 3.05) is 0 Å². The number of hydrogen-bond acceptors (Lipinski definition) is 0. The first-order valence-electron chi connectivity index (χ1n) is 14.7. The second kappa shape index (κ2) is 8.33. The Balaban J connectivity index is 1.40. The van der Waals surface area contributed by atoms with Gasteiger partial charge in [-0.1, -0.05) is 55.8 Å². The Morgan fingerprint density at radius 1 is 0.875 bits per heavy atom. The lowest BCUT2D eigenvalue weighted by molar-refractivity contribution is -0.722. The molecule has 2 unspecified atom stereocenters. The highest BCUT2D eigenvalue weighted by Crippen LogP contribution is 2.54. The summed E-state index contributed by atoms with van der Waals surface area (Å²) in [6, 6.07) is 24.6. The number of aryl methyl sites for hydroxylation is 4. The van der Waals surface area contributed by atoms with Crippen LogP contribution in [-0.4, -0.2) is 0 Å². The van der Waals surface area contributed by atoms with Gasteiger partial charge in [0, 0.05) is 47.6 Å². The Hall–Kier alpha value is -3.85. The molecule has 40 heavy (non-hydrogen) atoms. The van der Waals surface area contributed by atoms with E-state index in [1.807, 2.05) is 0 Å². The number of aromatic nitrogens is 2. The van der Waals surface area contributed by atoms with Gasteiger partial charge in [0.2, 0.25) is 11.4 Å². The van der Waals surface area contributed by atoms with Crippen LogP contribution in [0.15, 0.2) is 79.1 Å². The van der Waals surface area contributed by atoms with Crippen molar-refractivity contribution in [3.8, 4) is 22.5 Å². The molecule has 4 heterocycles. The second-order valence-electron chi connectivity index (χ2n) is 12.8. The molecular weight excluding hydrogens is 491 g/mol. The summed E-state index contributed by atoms with van der Waals surface area (Å²) in [6.45, 7) is 9.71. The standard InChI is InChI=1S/C37H35FN2/c1-22-8-9-24-10-13-31-26(16-18-39-17-14-23(2)21-32(39)28(24)20-22)27-11-12-30(38)35-34(27)36-33-25(15-19-40(31)36)6-5-7-29(33)37(35,3)4/h5-9,11-12,14-15,17,19-21,26,31H,10,13,16,18H2,1-4H3/q+2. The SMILES string of the molecule is Cc1ccc2c(c1)-c1cc(C)cc[n+]1CCC1c3ccc(F)c4c3-c3c5c(cccc5cc[n+]3C1CC2)C4(C)C. The van der Waals surface area contributed by atoms with Crippen LogP contribution in [0.25, 0.3) is 33.3 Å². The average molecular weight is 527 g/mol. The van der Waals surface area contributed by atoms with Crippen LogP contribution >= 0.6 is 0 Å². The molecule has 0 spiro atoms. The van der Waals surface area contributed by atoms with Crippen LogP contribution < -0.4 is 9.13 Å². The zero-order chi connectivity index (χ0) is 27.3. The maximum Gasteiger partial charge on any atom is 0.221 e. The van der Waals surface area contributed by atoms with Gasteiger partial charge in [0.15, 0.2) is 18.4 Å². The molecule has 0 amide bonds. The molecule has 2 atom stereocenters. The normalized spacial score (nSPS) is 19.9. The van der Waals surface area contributed by atoms with Crippen molar-refractivity contribution in [2.45, 2.75) is 70.9 Å². The lowest BCUT2D eigenvalue weighted by Crippen LogP contribution is -2.50. The third-order valence-electron chi connectivity index (χ3n) is 10.1. The van der Waals surface area contributed by atoms with Crippen LogP contribution in [0.4, 0.5) is 4.39 Å². The molecule has 2 aliphatic heterocycles. The number of fused-ring (bicyclic) bond motifs is 6. The van der Waals surface area contributed by atoms with Crippen molar-refractivity contribution >= 4 is 10.8 Å². The summed E-state index contributed by atoms with van der Waals surface area (Å²) in [5.74, 6) is 0.221. The van der Waals surface area contributed by atoms with Gasteiger partial charge in [-0.05, 0) is 60.0 Å². The first-order valence-corrected chi connectivity index (χ1v) is 14.7. The van der Waals surface area contributed by atoms with E-state index < -0.39 is 5.41 Å². The molecule has 0 radical (unpaired) electrons. The molecule has 1 aliphatic carbocycles. The van der Waals surface area contributed by atoms with Gasteiger partial charge < -0.3 is 0 Å². The van der Waals surface area contributed by atoms with Crippen molar-refractivity contribution in [2.24, 2.45) is 0 Å². The highest BCUT2D eigenvalue weighted by Gasteiger charge is 2.49. The molecule has 3 aromatic carbocycles. The fraction of sp³-hybridized carbons (Fsp3) is 0.297. The molecular formula is C37H35FN2+2. The van der Waals surface area contributed by atoms with Crippen LogP contribution in [0.2, 0.25) is 0 Å². The summed E-state index contributed by atoms with van der Waals surface area (Å²) < 4.78 is 20.9. The van der Waals surface area contributed by atoms with Crippen molar-refractivity contribution in [3.05, 3.63) is 118 Å². The molecule has 198 valence electrons. The van der Waals surface area contributed by atoms with Gasteiger partial charge in [0.25, 0.3) is 0 Å². The van der Waals surface area contributed by atoms with Crippen LogP contribution in [0.5, 0.6) is 0 Å². The molecule has 0 fully saturated rings. The average Bonchev–Trinajstić information content (AvgIpc) is 2.94. The number of nitrogens with zero attached hydrogens (tertiary/aromatic N) is 2. The molecule has 0 bridgehead atoms. The molecule has 2 aromatic heterocycles. The van der Waals surface area contributed by atoms with Gasteiger partial charge in [0.05, 0.1) is 16.9 Å². The van der Waals surface area contributed by atoms with E-state index in [1.54, 1.807) is 6.07 Å². The van der Waals surface area contributed by atoms with E-state index in [9.17, 15) is 0 Å². The Morgan fingerprint density at radius 3 is 2.60 bits per heavy atom. The fourth-order valence-corrected chi connectivity index (χ4v) is 8.17. The van der Waals surface area contributed by atoms with Crippen LogP contribution in [-0.2, 0) is 18.4 Å². The second-order valence-corrected chi connectivity index (χ2v) is 12.8. The minimum Gasteiger partial charge on any atom is -0.207 e. The summed E-state index contributed by atoms with van der Waals surface area (Å²) in [4.78, 5) is 0. The maximum atomic E-state index is 15.9. The first-order chi connectivity index (χ1) is 19.3. The number of halogens is 1. The van der Waals surface area contributed by atoms with Gasteiger partial charge in [-0.2, -0.15) is 9.13 Å². The van der Waals surface area contributed by atoms with Gasteiger partial charge in [-0.15, -0.1) is 0 Å². The lowest BCUT2D eigenvalue weighted by Gasteiger charge is -2.39. The lowest BCUT2D eigenvalue weighted by atomic mass is 9.65. The Bertz CT molecular complexity index is 1880. The number of rotatable bonds is 0. The fourth-order valence-electron chi connectivity index (χ4n) is 8.17. The van der Waals surface area contributed by atoms with Crippen LogP contribution in [0, 0.1) is 19.7 Å². The minimum absolute atomic E-state index is 0.0837. The Morgan fingerprint density at radius 2 is 1.73 bits per heavy atom. The van der Waals surface area contributed by atoms with Crippen LogP contribution in [0.1, 0.15) is 72.0 Å². The van der Waals surface area contributed by atoms with Crippen molar-refractivity contribution in [1.82, 2.24) is 0 Å². The Labute approximate surface area is 235 Å². The number of pyridine rings is 2. The Kier molecular flexibility index (Phi) is 5.00. The molecule has 3 aliphatic rings. The molecule has 8 rings (SSSR count). The van der Waals surface area contributed by atoms with E-state index in [4.69, 9.17) is 0 Å². The van der Waals surface area contributed by atoms with E-state index in [1.165, 1.54) is 55.5 Å². The van der Waals surface area contributed by atoms with Gasteiger partial charge in [-0.25, -0.2) is 4.39 Å². The van der Waals surface area contributed by atoms with Crippen molar-refractivity contribution < 1.29 is 13.5 Å². The largest absolute Gasteiger partial charge is 0.221 e. The molecule has 2 nitrogen and oxygen atoms in total. The first kappa shape index (κ1) is 24.0. The summed E-state index contributed by atoms with van der Waals surface area (Å²) >= 11 is 0. The molecule has 3 heteroatoms. The monoisotopic (exact) mass is 526 g/mol. The third-order valence-corrected chi connectivity index (χ3v) is 10.1. The van der Waals surface area contributed by atoms with E-state index in [0.29, 0.717) is 12.0 Å². The van der Waals surface area contributed by atoms with Crippen molar-refractivity contribution in [3.63, 3.8) is 0 Å². The maximum absolute atomic E-state index is 15.9. The van der Waals surface area contributed by atoms with E-state index in [2.05, 4.69) is 110 Å². The summed E-state index contributed by atoms with van der Waals surface area (Å²) in [6.07, 6.45) is 7.62. The van der Waals surface area contributed by atoms with E-state index in [-0.39, 0.29) is 5.82 Å². The predicted molar refractivity (Wildman–Crippen MR) is 158 cm³/mol. The molecule has 0 N–H and O–H groups in total. The molecule has 0 saturated heterocycles. The van der Waals surface area contributed by atoms with Gasteiger partial charge in [0.1, 0.15) is 12.4 Å². The van der Waals surface area contributed by atoms with Gasteiger partial charge >= 0.3 is 0 Å². The summed E-state index contributed by atoms with van der Waals surface area (Å²) in [5, 5.41) is 2.55. The number of hydrogen-bond donors (Lipinski definition) is 0. The molecule has 5 aromatic rings. The van der Waals surface area contributed by atoms with Gasteiger partial charge in [-0.3, -0.25) is 0 Å². The number of benzene rings is 3. The third kappa shape index (κ3) is 3.21. The topological polar surface area (TPSA) is 7.76 Å². The quantitative estimate of drug-likeness (QED) is 0.182. The zero-order valence-corrected chi connectivity index (χ0v) is 23.8. The summed E-state index contributed by atoms with van der Waals surface area (Å²) in [5.41, 5.74) is 12.1.